The number of aryl methyl sites for hydroxylation is 1. The van der Waals surface area contributed by atoms with Crippen molar-refractivity contribution in [2.24, 2.45) is 0 Å². The SMILES string of the molecule is CCCc1ccc(-c2ccc(-c3cc(F)c(OC)c(F)c3)c(F)c2)cc1. The van der Waals surface area contributed by atoms with E-state index in [0.29, 0.717) is 5.56 Å². The molecule has 0 aliphatic rings. The Balaban J connectivity index is 1.95. The summed E-state index contributed by atoms with van der Waals surface area (Å²) in [6.45, 7) is 2.12. The maximum atomic E-state index is 14.6. The summed E-state index contributed by atoms with van der Waals surface area (Å²) in [7, 11) is 1.18. The molecule has 3 aromatic rings. The minimum atomic E-state index is -0.863. The maximum absolute atomic E-state index is 14.6. The van der Waals surface area contributed by atoms with Crippen molar-refractivity contribution < 1.29 is 17.9 Å². The second-order valence-electron chi connectivity index (χ2n) is 6.11. The summed E-state index contributed by atoms with van der Waals surface area (Å²) in [4.78, 5) is 0. The lowest BCUT2D eigenvalue weighted by Crippen LogP contribution is -1.95. The van der Waals surface area contributed by atoms with Gasteiger partial charge in [-0.1, -0.05) is 49.7 Å². The fourth-order valence-electron chi connectivity index (χ4n) is 2.99. The molecule has 0 spiro atoms. The molecular formula is C22H19F3O. The van der Waals surface area contributed by atoms with Crippen LogP contribution in [0.3, 0.4) is 0 Å². The molecule has 0 saturated carbocycles. The number of hydrogen-bond acceptors (Lipinski definition) is 1. The molecule has 0 amide bonds. The first-order valence-electron chi connectivity index (χ1n) is 8.45. The van der Waals surface area contributed by atoms with E-state index in [1.807, 2.05) is 24.3 Å². The van der Waals surface area contributed by atoms with Crippen LogP contribution in [0.2, 0.25) is 0 Å². The average Bonchev–Trinajstić information content (AvgIpc) is 2.62. The normalized spacial score (nSPS) is 10.8. The molecule has 0 radical (unpaired) electrons. The van der Waals surface area contributed by atoms with Crippen LogP contribution in [0.1, 0.15) is 18.9 Å². The number of ether oxygens (including phenoxy) is 1. The Morgan fingerprint density at radius 1 is 0.731 bits per heavy atom. The lowest BCUT2D eigenvalue weighted by atomic mass is 9.98. The summed E-state index contributed by atoms with van der Waals surface area (Å²) in [6, 6.07) is 14.7. The van der Waals surface area contributed by atoms with Crippen molar-refractivity contribution in [2.45, 2.75) is 19.8 Å². The van der Waals surface area contributed by atoms with E-state index in [1.165, 1.54) is 24.8 Å². The van der Waals surface area contributed by atoms with Gasteiger partial charge in [0, 0.05) is 5.56 Å². The van der Waals surface area contributed by atoms with E-state index >= 15 is 0 Å². The molecule has 0 bridgehead atoms. The predicted molar refractivity (Wildman–Crippen MR) is 97.7 cm³/mol. The van der Waals surface area contributed by atoms with Crippen LogP contribution in [0, 0.1) is 17.5 Å². The first-order chi connectivity index (χ1) is 12.5. The molecule has 4 heteroatoms. The molecular weight excluding hydrogens is 337 g/mol. The van der Waals surface area contributed by atoms with E-state index in [4.69, 9.17) is 0 Å². The Morgan fingerprint density at radius 3 is 1.85 bits per heavy atom. The molecule has 0 N–H and O–H groups in total. The highest BCUT2D eigenvalue weighted by atomic mass is 19.1. The van der Waals surface area contributed by atoms with Crippen molar-refractivity contribution in [3.05, 3.63) is 77.6 Å². The summed E-state index contributed by atoms with van der Waals surface area (Å²) < 4.78 is 47.0. The third-order valence-corrected chi connectivity index (χ3v) is 4.31. The van der Waals surface area contributed by atoms with Crippen molar-refractivity contribution in [2.75, 3.05) is 7.11 Å². The van der Waals surface area contributed by atoms with E-state index in [0.717, 1.165) is 30.5 Å². The van der Waals surface area contributed by atoms with E-state index < -0.39 is 23.2 Å². The van der Waals surface area contributed by atoms with Crippen LogP contribution in [0.25, 0.3) is 22.3 Å². The standard InChI is InChI=1S/C22H19F3O/c1-3-4-14-5-7-15(8-6-14)16-9-10-18(19(23)11-16)17-12-20(24)22(26-2)21(25)13-17/h5-13H,3-4H2,1-2H3. The van der Waals surface area contributed by atoms with Crippen molar-refractivity contribution in [3.63, 3.8) is 0 Å². The van der Waals surface area contributed by atoms with Gasteiger partial charge >= 0.3 is 0 Å². The van der Waals surface area contributed by atoms with Crippen molar-refractivity contribution in [1.29, 1.82) is 0 Å². The van der Waals surface area contributed by atoms with Crippen LogP contribution >= 0.6 is 0 Å². The summed E-state index contributed by atoms with van der Waals surface area (Å²) in [5.74, 6) is -2.74. The number of methoxy groups -OCH3 is 1. The predicted octanol–water partition coefficient (Wildman–Crippen LogP) is 6.40. The highest BCUT2D eigenvalue weighted by Crippen LogP contribution is 2.32. The van der Waals surface area contributed by atoms with E-state index in [2.05, 4.69) is 11.7 Å². The largest absolute Gasteiger partial charge is 0.491 e. The Hall–Kier alpha value is -2.75. The number of halogens is 3. The third-order valence-electron chi connectivity index (χ3n) is 4.31. The Bertz CT molecular complexity index is 894. The summed E-state index contributed by atoms with van der Waals surface area (Å²) >= 11 is 0. The number of hydrogen-bond donors (Lipinski definition) is 0. The zero-order valence-corrected chi connectivity index (χ0v) is 14.7. The molecule has 1 nitrogen and oxygen atoms in total. The van der Waals surface area contributed by atoms with Crippen LogP contribution in [0.15, 0.2) is 54.6 Å². The molecule has 0 unspecified atom stereocenters. The highest BCUT2D eigenvalue weighted by Gasteiger charge is 2.15. The molecule has 0 aliphatic carbocycles. The maximum Gasteiger partial charge on any atom is 0.190 e. The Labute approximate surface area is 151 Å². The molecule has 0 saturated heterocycles. The summed E-state index contributed by atoms with van der Waals surface area (Å²) in [5, 5.41) is 0. The summed E-state index contributed by atoms with van der Waals surface area (Å²) in [5.41, 5.74) is 3.10. The topological polar surface area (TPSA) is 9.23 Å². The van der Waals surface area contributed by atoms with Crippen LogP contribution in [0.4, 0.5) is 13.2 Å². The van der Waals surface area contributed by atoms with Gasteiger partial charge in [-0.2, -0.15) is 0 Å². The van der Waals surface area contributed by atoms with Gasteiger partial charge in [-0.25, -0.2) is 13.2 Å². The Kier molecular flexibility index (Phi) is 5.31. The minimum absolute atomic E-state index is 0.128. The van der Waals surface area contributed by atoms with Gasteiger partial charge in [0.25, 0.3) is 0 Å². The minimum Gasteiger partial charge on any atom is -0.491 e. The number of benzene rings is 3. The van der Waals surface area contributed by atoms with E-state index in [1.54, 1.807) is 6.07 Å². The molecule has 0 fully saturated rings. The lowest BCUT2D eigenvalue weighted by Gasteiger charge is -2.10. The van der Waals surface area contributed by atoms with Crippen LogP contribution < -0.4 is 4.74 Å². The molecule has 3 aromatic carbocycles. The zero-order chi connectivity index (χ0) is 18.7. The van der Waals surface area contributed by atoms with Crippen molar-refractivity contribution >= 4 is 0 Å². The highest BCUT2D eigenvalue weighted by molar-refractivity contribution is 5.71. The molecule has 26 heavy (non-hydrogen) atoms. The summed E-state index contributed by atoms with van der Waals surface area (Å²) in [6.07, 6.45) is 2.07. The fraction of sp³-hybridized carbons (Fsp3) is 0.182. The van der Waals surface area contributed by atoms with Gasteiger partial charge in [0.2, 0.25) is 0 Å². The van der Waals surface area contributed by atoms with E-state index in [-0.39, 0.29) is 11.1 Å². The van der Waals surface area contributed by atoms with E-state index in [9.17, 15) is 13.2 Å². The van der Waals surface area contributed by atoms with Gasteiger partial charge in [-0.3, -0.25) is 0 Å². The van der Waals surface area contributed by atoms with Crippen LogP contribution in [-0.2, 0) is 6.42 Å². The van der Waals surface area contributed by atoms with Crippen LogP contribution in [-0.4, -0.2) is 7.11 Å². The molecule has 134 valence electrons. The first-order valence-corrected chi connectivity index (χ1v) is 8.45. The van der Waals surface area contributed by atoms with Gasteiger partial charge in [-0.05, 0) is 46.9 Å². The van der Waals surface area contributed by atoms with Gasteiger partial charge < -0.3 is 4.74 Å². The second kappa shape index (κ2) is 7.65. The second-order valence-corrected chi connectivity index (χ2v) is 6.11. The first kappa shape index (κ1) is 18.1. The Morgan fingerprint density at radius 2 is 1.31 bits per heavy atom. The van der Waals surface area contributed by atoms with Gasteiger partial charge in [0.15, 0.2) is 17.4 Å². The molecule has 0 heterocycles. The van der Waals surface area contributed by atoms with Gasteiger partial charge in [0.05, 0.1) is 7.11 Å². The molecule has 0 atom stereocenters. The quantitative estimate of drug-likeness (QED) is 0.514. The average molecular weight is 356 g/mol. The van der Waals surface area contributed by atoms with Crippen molar-refractivity contribution in [1.82, 2.24) is 0 Å². The lowest BCUT2D eigenvalue weighted by molar-refractivity contribution is 0.360. The zero-order valence-electron chi connectivity index (χ0n) is 14.7. The third kappa shape index (κ3) is 3.59. The molecule has 3 rings (SSSR count). The van der Waals surface area contributed by atoms with Gasteiger partial charge in [-0.15, -0.1) is 0 Å². The molecule has 0 aliphatic heterocycles. The fourth-order valence-corrected chi connectivity index (χ4v) is 2.99. The van der Waals surface area contributed by atoms with Crippen LogP contribution in [0.5, 0.6) is 5.75 Å². The monoisotopic (exact) mass is 356 g/mol. The number of rotatable bonds is 5. The molecule has 0 aromatic heterocycles. The van der Waals surface area contributed by atoms with Crippen molar-refractivity contribution in [3.8, 4) is 28.0 Å². The van der Waals surface area contributed by atoms with Gasteiger partial charge in [0.1, 0.15) is 5.82 Å². The smallest absolute Gasteiger partial charge is 0.190 e.